The summed E-state index contributed by atoms with van der Waals surface area (Å²) in [4.78, 5) is 0. The molecule has 0 fully saturated rings. The Labute approximate surface area is 79.8 Å². The molecule has 1 aromatic rings. The van der Waals surface area contributed by atoms with Crippen molar-refractivity contribution in [3.05, 3.63) is 35.4 Å². The van der Waals surface area contributed by atoms with Crippen LogP contribution in [0.5, 0.6) is 0 Å². The summed E-state index contributed by atoms with van der Waals surface area (Å²) in [6, 6.07) is 6.72. The molecule has 0 saturated carbocycles. The van der Waals surface area contributed by atoms with Crippen molar-refractivity contribution in [2.75, 3.05) is 0 Å². The number of nitrogens with zero attached hydrogens (tertiary/aromatic N) is 1. The van der Waals surface area contributed by atoms with Crippen molar-refractivity contribution in [3.63, 3.8) is 0 Å². The zero-order chi connectivity index (χ0) is 10.8. The summed E-state index contributed by atoms with van der Waals surface area (Å²) in [6.45, 7) is 1.56. The fourth-order valence-corrected chi connectivity index (χ4v) is 1.06. The van der Waals surface area contributed by atoms with E-state index in [-0.39, 0.29) is 0 Å². The summed E-state index contributed by atoms with van der Waals surface area (Å²) in [5.41, 5.74) is -0.320. The van der Waals surface area contributed by atoms with Crippen LogP contribution in [-0.2, 0) is 6.18 Å². The van der Waals surface area contributed by atoms with Gasteiger partial charge >= 0.3 is 6.18 Å². The van der Waals surface area contributed by atoms with E-state index in [1.807, 2.05) is 6.07 Å². The second-order valence-electron chi connectivity index (χ2n) is 2.97. The molecule has 0 radical (unpaired) electrons. The fraction of sp³-hybridized carbons (Fsp3) is 0.300. The van der Waals surface area contributed by atoms with Crippen molar-refractivity contribution >= 4 is 0 Å². The second-order valence-corrected chi connectivity index (χ2v) is 2.97. The van der Waals surface area contributed by atoms with E-state index in [1.165, 1.54) is 12.1 Å². The highest BCUT2D eigenvalue weighted by molar-refractivity contribution is 5.30. The van der Waals surface area contributed by atoms with Crippen LogP contribution in [-0.4, -0.2) is 0 Å². The molecule has 0 spiro atoms. The normalized spacial score (nSPS) is 13.4. The molecule has 0 amide bonds. The molecule has 1 rings (SSSR count). The Hall–Kier alpha value is -1.50. The molecule has 1 aromatic carbocycles. The van der Waals surface area contributed by atoms with Gasteiger partial charge in [0.15, 0.2) is 0 Å². The first-order chi connectivity index (χ1) is 6.45. The van der Waals surface area contributed by atoms with Gasteiger partial charge in [-0.15, -0.1) is 0 Å². The molecule has 0 bridgehead atoms. The van der Waals surface area contributed by atoms with Crippen molar-refractivity contribution in [1.29, 1.82) is 5.26 Å². The highest BCUT2D eigenvalue weighted by Gasteiger charge is 2.30. The maximum absolute atomic E-state index is 12.3. The third kappa shape index (κ3) is 2.25. The molecule has 1 unspecified atom stereocenters. The Bertz CT molecular complexity index is 362. The van der Waals surface area contributed by atoms with E-state index in [4.69, 9.17) is 5.26 Å². The van der Waals surface area contributed by atoms with Gasteiger partial charge in [0.2, 0.25) is 0 Å². The predicted molar refractivity (Wildman–Crippen MR) is 45.5 cm³/mol. The summed E-state index contributed by atoms with van der Waals surface area (Å²) in [7, 11) is 0. The lowest BCUT2D eigenvalue weighted by Gasteiger charge is -2.09. The number of halogens is 3. The van der Waals surface area contributed by atoms with Crippen LogP contribution >= 0.6 is 0 Å². The van der Waals surface area contributed by atoms with Gasteiger partial charge in [0.25, 0.3) is 0 Å². The molecule has 0 saturated heterocycles. The predicted octanol–water partition coefficient (Wildman–Crippen LogP) is 3.33. The molecule has 0 aliphatic rings. The molecule has 4 heteroatoms. The SMILES string of the molecule is CC(C#N)c1cccc(C(F)(F)F)c1. The summed E-state index contributed by atoms with van der Waals surface area (Å²) in [5, 5.41) is 8.55. The molecule has 1 atom stereocenters. The summed E-state index contributed by atoms with van der Waals surface area (Å²) in [5.74, 6) is -0.516. The van der Waals surface area contributed by atoms with Crippen molar-refractivity contribution < 1.29 is 13.2 Å². The van der Waals surface area contributed by atoms with Crippen molar-refractivity contribution in [2.45, 2.75) is 19.0 Å². The minimum absolute atomic E-state index is 0.391. The van der Waals surface area contributed by atoms with Crippen LogP contribution in [0.1, 0.15) is 24.0 Å². The van der Waals surface area contributed by atoms with E-state index in [0.29, 0.717) is 5.56 Å². The van der Waals surface area contributed by atoms with Gasteiger partial charge in [0.05, 0.1) is 17.6 Å². The van der Waals surface area contributed by atoms with Gasteiger partial charge in [-0.05, 0) is 18.6 Å². The third-order valence-corrected chi connectivity index (χ3v) is 1.91. The summed E-state index contributed by atoms with van der Waals surface area (Å²) >= 11 is 0. The molecular weight excluding hydrogens is 191 g/mol. The van der Waals surface area contributed by atoms with Gasteiger partial charge in [0, 0.05) is 0 Å². The van der Waals surface area contributed by atoms with Gasteiger partial charge < -0.3 is 0 Å². The molecule has 0 heterocycles. The molecule has 74 valence electrons. The number of rotatable bonds is 1. The number of nitriles is 1. The summed E-state index contributed by atoms with van der Waals surface area (Å²) in [6.07, 6.45) is -4.34. The molecule has 0 aromatic heterocycles. The number of alkyl halides is 3. The lowest BCUT2D eigenvalue weighted by Crippen LogP contribution is -2.05. The third-order valence-electron chi connectivity index (χ3n) is 1.91. The van der Waals surface area contributed by atoms with Crippen molar-refractivity contribution in [3.8, 4) is 6.07 Å². The average molecular weight is 199 g/mol. The van der Waals surface area contributed by atoms with Crippen LogP contribution in [0.25, 0.3) is 0 Å². The molecule has 0 N–H and O–H groups in total. The lowest BCUT2D eigenvalue weighted by molar-refractivity contribution is -0.137. The second kappa shape index (κ2) is 3.70. The molecule has 0 aliphatic carbocycles. The first-order valence-corrected chi connectivity index (χ1v) is 4.02. The van der Waals surface area contributed by atoms with Gasteiger partial charge in [-0.1, -0.05) is 18.2 Å². The number of benzene rings is 1. The average Bonchev–Trinajstić information content (AvgIpc) is 2.15. The van der Waals surface area contributed by atoms with Gasteiger partial charge in [-0.25, -0.2) is 0 Å². The molecular formula is C10H8F3N. The van der Waals surface area contributed by atoms with E-state index in [2.05, 4.69) is 0 Å². The largest absolute Gasteiger partial charge is 0.416 e. The highest BCUT2D eigenvalue weighted by atomic mass is 19.4. The molecule has 1 nitrogen and oxygen atoms in total. The smallest absolute Gasteiger partial charge is 0.198 e. The maximum Gasteiger partial charge on any atom is 0.416 e. The Morgan fingerprint density at radius 1 is 1.36 bits per heavy atom. The Morgan fingerprint density at radius 3 is 2.50 bits per heavy atom. The van der Waals surface area contributed by atoms with E-state index in [9.17, 15) is 13.2 Å². The van der Waals surface area contributed by atoms with Crippen LogP contribution in [0.3, 0.4) is 0 Å². The van der Waals surface area contributed by atoms with Crippen molar-refractivity contribution in [1.82, 2.24) is 0 Å². The molecule has 14 heavy (non-hydrogen) atoms. The lowest BCUT2D eigenvalue weighted by atomic mass is 10.0. The summed E-state index contributed by atoms with van der Waals surface area (Å²) < 4.78 is 36.8. The van der Waals surface area contributed by atoms with Gasteiger partial charge in [0.1, 0.15) is 0 Å². The Kier molecular flexibility index (Phi) is 2.80. The zero-order valence-corrected chi connectivity index (χ0v) is 7.47. The van der Waals surface area contributed by atoms with E-state index < -0.39 is 17.7 Å². The Balaban J connectivity index is 3.09. The first-order valence-electron chi connectivity index (χ1n) is 4.02. The topological polar surface area (TPSA) is 23.8 Å². The number of hydrogen-bond acceptors (Lipinski definition) is 1. The van der Waals surface area contributed by atoms with Crippen LogP contribution in [0.2, 0.25) is 0 Å². The Morgan fingerprint density at radius 2 is 2.00 bits per heavy atom. The zero-order valence-electron chi connectivity index (χ0n) is 7.47. The van der Waals surface area contributed by atoms with E-state index in [0.717, 1.165) is 12.1 Å². The first kappa shape index (κ1) is 10.6. The highest BCUT2D eigenvalue weighted by Crippen LogP contribution is 2.30. The van der Waals surface area contributed by atoms with Gasteiger partial charge in [-0.3, -0.25) is 0 Å². The van der Waals surface area contributed by atoms with Crippen LogP contribution < -0.4 is 0 Å². The minimum Gasteiger partial charge on any atom is -0.198 e. The van der Waals surface area contributed by atoms with E-state index >= 15 is 0 Å². The van der Waals surface area contributed by atoms with E-state index in [1.54, 1.807) is 6.92 Å². The van der Waals surface area contributed by atoms with Gasteiger partial charge in [-0.2, -0.15) is 18.4 Å². The molecule has 0 aliphatic heterocycles. The monoisotopic (exact) mass is 199 g/mol. The standard InChI is InChI=1S/C10H8F3N/c1-7(6-14)8-3-2-4-9(5-8)10(11,12)13/h2-5,7H,1H3. The fourth-order valence-electron chi connectivity index (χ4n) is 1.06. The quantitative estimate of drug-likeness (QED) is 0.680. The maximum atomic E-state index is 12.3. The number of hydrogen-bond donors (Lipinski definition) is 0. The minimum atomic E-state index is -4.34. The van der Waals surface area contributed by atoms with Crippen molar-refractivity contribution in [2.24, 2.45) is 0 Å². The van der Waals surface area contributed by atoms with Crippen LogP contribution in [0.4, 0.5) is 13.2 Å². The van der Waals surface area contributed by atoms with Crippen LogP contribution in [0, 0.1) is 11.3 Å². The van der Waals surface area contributed by atoms with Crippen LogP contribution in [0.15, 0.2) is 24.3 Å².